The van der Waals surface area contributed by atoms with Crippen molar-refractivity contribution in [2.24, 2.45) is 5.92 Å². The summed E-state index contributed by atoms with van der Waals surface area (Å²) in [5, 5.41) is 3.59. The summed E-state index contributed by atoms with van der Waals surface area (Å²) in [6.45, 7) is 6.22. The van der Waals surface area contributed by atoms with Crippen LogP contribution in [0.4, 0.5) is 0 Å². The van der Waals surface area contributed by atoms with Gasteiger partial charge in [-0.25, -0.2) is 0 Å². The molecule has 0 heterocycles. The Kier molecular flexibility index (Phi) is 7.75. The molecule has 102 valence electrons. The van der Waals surface area contributed by atoms with Crippen molar-refractivity contribution in [1.82, 2.24) is 5.32 Å². The number of hydrogen-bond donors (Lipinski definition) is 1. The maximum Gasteiger partial charge on any atom is 0.0465 e. The van der Waals surface area contributed by atoms with Crippen molar-refractivity contribution in [2.75, 3.05) is 20.3 Å². The van der Waals surface area contributed by atoms with E-state index >= 15 is 0 Å². The van der Waals surface area contributed by atoms with Gasteiger partial charge in [0.25, 0.3) is 0 Å². The molecule has 1 N–H and O–H groups in total. The molecule has 0 aliphatic carbocycles. The first kappa shape index (κ1) is 16.4. The maximum absolute atomic E-state index is 5.19. The summed E-state index contributed by atoms with van der Waals surface area (Å²) < 4.78 is 7.64. The molecule has 0 aliphatic heterocycles. The zero-order valence-corrected chi connectivity index (χ0v) is 14.9. The molecule has 1 rings (SSSR count). The van der Waals surface area contributed by atoms with Gasteiger partial charge in [0.1, 0.15) is 0 Å². The number of rotatable bonds is 7. The number of hydrogen-bond acceptors (Lipinski definition) is 2. The van der Waals surface area contributed by atoms with Gasteiger partial charge >= 0.3 is 0 Å². The summed E-state index contributed by atoms with van der Waals surface area (Å²) in [7, 11) is 1.76. The van der Waals surface area contributed by atoms with Crippen LogP contribution in [0.5, 0.6) is 0 Å². The monoisotopic (exact) mass is 425 g/mol. The second-order valence-corrected chi connectivity index (χ2v) is 6.54. The molecule has 1 aromatic rings. The second kappa shape index (κ2) is 8.51. The Balaban J connectivity index is 2.92. The highest BCUT2D eigenvalue weighted by molar-refractivity contribution is 14.1. The highest BCUT2D eigenvalue weighted by atomic mass is 127. The van der Waals surface area contributed by atoms with Gasteiger partial charge in [-0.05, 0) is 65.2 Å². The smallest absolute Gasteiger partial charge is 0.0465 e. The predicted molar refractivity (Wildman–Crippen MR) is 88.9 cm³/mol. The van der Waals surface area contributed by atoms with E-state index in [-0.39, 0.29) is 0 Å². The number of nitrogens with one attached hydrogen (secondary N) is 1. The molecular formula is C14H21BrINO. The van der Waals surface area contributed by atoms with E-state index in [4.69, 9.17) is 4.74 Å². The Bertz CT molecular complexity index is 373. The number of halogens is 2. The molecule has 2 unspecified atom stereocenters. The molecule has 1 aromatic carbocycles. The Hall–Kier alpha value is 0.350. The number of methoxy groups -OCH3 is 1. The number of ether oxygens (including phenoxy) is 1. The van der Waals surface area contributed by atoms with Crippen LogP contribution in [-0.4, -0.2) is 20.3 Å². The van der Waals surface area contributed by atoms with Crippen molar-refractivity contribution in [2.45, 2.75) is 26.3 Å². The Morgan fingerprint density at radius 1 is 1.44 bits per heavy atom. The summed E-state index contributed by atoms with van der Waals surface area (Å²) in [4.78, 5) is 0. The summed E-state index contributed by atoms with van der Waals surface area (Å²) in [5.41, 5.74) is 1.37. The fourth-order valence-corrected chi connectivity index (χ4v) is 3.11. The van der Waals surface area contributed by atoms with Gasteiger partial charge < -0.3 is 10.1 Å². The quantitative estimate of drug-likeness (QED) is 0.654. The zero-order valence-electron chi connectivity index (χ0n) is 11.2. The van der Waals surface area contributed by atoms with Crippen LogP contribution in [0, 0.1) is 9.49 Å². The first-order chi connectivity index (χ1) is 8.60. The third-order valence-electron chi connectivity index (χ3n) is 3.06. The van der Waals surface area contributed by atoms with Crippen LogP contribution < -0.4 is 5.32 Å². The normalized spacial score (nSPS) is 14.5. The highest BCUT2D eigenvalue weighted by Crippen LogP contribution is 2.30. The van der Waals surface area contributed by atoms with Crippen molar-refractivity contribution < 1.29 is 4.74 Å². The van der Waals surface area contributed by atoms with E-state index in [9.17, 15) is 0 Å². The van der Waals surface area contributed by atoms with Crippen molar-refractivity contribution in [3.63, 3.8) is 0 Å². The molecule has 0 radical (unpaired) electrons. The molecule has 0 saturated heterocycles. The van der Waals surface area contributed by atoms with Gasteiger partial charge in [-0.2, -0.15) is 0 Å². The molecule has 2 atom stereocenters. The topological polar surface area (TPSA) is 21.3 Å². The van der Waals surface area contributed by atoms with E-state index in [2.05, 4.69) is 75.9 Å². The average molecular weight is 426 g/mol. The first-order valence-electron chi connectivity index (χ1n) is 6.27. The molecule has 0 amide bonds. The van der Waals surface area contributed by atoms with Crippen molar-refractivity contribution in [3.8, 4) is 0 Å². The molecule has 18 heavy (non-hydrogen) atoms. The lowest BCUT2D eigenvalue weighted by Crippen LogP contribution is -2.28. The van der Waals surface area contributed by atoms with Gasteiger partial charge in [-0.1, -0.05) is 29.8 Å². The lowest BCUT2D eigenvalue weighted by Gasteiger charge is -2.26. The minimum atomic E-state index is 0.384. The Labute approximate surface area is 132 Å². The summed E-state index contributed by atoms with van der Waals surface area (Å²) in [6, 6.07) is 6.86. The zero-order chi connectivity index (χ0) is 13.5. The average Bonchev–Trinajstić information content (AvgIpc) is 2.36. The van der Waals surface area contributed by atoms with Crippen LogP contribution in [0.2, 0.25) is 0 Å². The summed E-state index contributed by atoms with van der Waals surface area (Å²) in [5.74, 6) is 0.549. The standard InChI is InChI=1S/C14H21BrINO/c1-4-17-14(10(2)7-8-18-3)12-9-11(15)5-6-13(12)16/h5-6,9-10,14,17H,4,7-8H2,1-3H3. The fourth-order valence-electron chi connectivity index (χ4n) is 2.06. The molecular weight excluding hydrogens is 405 g/mol. The van der Waals surface area contributed by atoms with Gasteiger partial charge in [0, 0.05) is 27.8 Å². The van der Waals surface area contributed by atoms with E-state index in [1.165, 1.54) is 9.13 Å². The molecule has 0 spiro atoms. The van der Waals surface area contributed by atoms with Crippen molar-refractivity contribution in [3.05, 3.63) is 31.8 Å². The third kappa shape index (κ3) is 4.79. The van der Waals surface area contributed by atoms with E-state index in [1.807, 2.05) is 0 Å². The van der Waals surface area contributed by atoms with Crippen LogP contribution >= 0.6 is 38.5 Å². The largest absolute Gasteiger partial charge is 0.385 e. The molecule has 0 aliphatic rings. The Morgan fingerprint density at radius 2 is 2.17 bits per heavy atom. The fraction of sp³-hybridized carbons (Fsp3) is 0.571. The van der Waals surface area contributed by atoms with Crippen molar-refractivity contribution >= 4 is 38.5 Å². The van der Waals surface area contributed by atoms with Crippen LogP contribution in [0.25, 0.3) is 0 Å². The van der Waals surface area contributed by atoms with Crippen LogP contribution in [0.1, 0.15) is 31.9 Å². The lowest BCUT2D eigenvalue weighted by molar-refractivity contribution is 0.170. The van der Waals surface area contributed by atoms with E-state index in [0.717, 1.165) is 24.0 Å². The van der Waals surface area contributed by atoms with E-state index in [1.54, 1.807) is 7.11 Å². The summed E-state index contributed by atoms with van der Waals surface area (Å²) in [6.07, 6.45) is 1.07. The number of benzene rings is 1. The SMILES string of the molecule is CCNC(c1cc(Br)ccc1I)C(C)CCOC. The first-order valence-corrected chi connectivity index (χ1v) is 8.14. The van der Waals surface area contributed by atoms with Gasteiger partial charge in [-0.15, -0.1) is 0 Å². The van der Waals surface area contributed by atoms with E-state index < -0.39 is 0 Å². The molecule has 4 heteroatoms. The van der Waals surface area contributed by atoms with Gasteiger partial charge in [0.2, 0.25) is 0 Å². The van der Waals surface area contributed by atoms with Gasteiger partial charge in [0.15, 0.2) is 0 Å². The second-order valence-electron chi connectivity index (χ2n) is 4.46. The Morgan fingerprint density at radius 3 is 2.78 bits per heavy atom. The predicted octanol–water partition coefficient (Wildman–Crippen LogP) is 4.38. The van der Waals surface area contributed by atoms with Crippen molar-refractivity contribution in [1.29, 1.82) is 0 Å². The maximum atomic E-state index is 5.19. The molecule has 0 aromatic heterocycles. The van der Waals surface area contributed by atoms with Crippen LogP contribution in [0.15, 0.2) is 22.7 Å². The highest BCUT2D eigenvalue weighted by Gasteiger charge is 2.20. The van der Waals surface area contributed by atoms with Crippen LogP contribution in [-0.2, 0) is 4.74 Å². The minimum absolute atomic E-state index is 0.384. The van der Waals surface area contributed by atoms with E-state index in [0.29, 0.717) is 12.0 Å². The van der Waals surface area contributed by atoms with Crippen LogP contribution in [0.3, 0.4) is 0 Å². The lowest BCUT2D eigenvalue weighted by atomic mass is 9.92. The summed E-state index contributed by atoms with van der Waals surface area (Å²) >= 11 is 5.97. The molecule has 0 saturated carbocycles. The molecule has 0 fully saturated rings. The minimum Gasteiger partial charge on any atom is -0.385 e. The van der Waals surface area contributed by atoms with Gasteiger partial charge in [0.05, 0.1) is 0 Å². The molecule has 0 bridgehead atoms. The van der Waals surface area contributed by atoms with Gasteiger partial charge in [-0.3, -0.25) is 0 Å². The molecule has 2 nitrogen and oxygen atoms in total. The third-order valence-corrected chi connectivity index (χ3v) is 4.54.